The molecule has 3 aromatic rings. The summed E-state index contributed by atoms with van der Waals surface area (Å²) in [7, 11) is -5.17. The second kappa shape index (κ2) is 15.4. The Bertz CT molecular complexity index is 1920. The van der Waals surface area contributed by atoms with Crippen molar-refractivity contribution in [3.05, 3.63) is 47.5 Å². The molecule has 0 spiro atoms. The van der Waals surface area contributed by atoms with Crippen LogP contribution in [-0.2, 0) is 18.6 Å². The minimum absolute atomic E-state index is 0.456. The lowest BCUT2D eigenvalue weighted by Crippen LogP contribution is -2.43. The van der Waals surface area contributed by atoms with Crippen LogP contribution >= 0.6 is 0 Å². The van der Waals surface area contributed by atoms with E-state index in [9.17, 15) is 0 Å². The van der Waals surface area contributed by atoms with Crippen LogP contribution in [0.1, 0.15) is 150 Å². The molecular weight excluding hydrogens is 718 g/mol. The molecule has 4 nitrogen and oxygen atoms in total. The van der Waals surface area contributed by atoms with E-state index < -0.39 is 52.8 Å². The number of fused-ring (bicyclic) bond motifs is 2. The van der Waals surface area contributed by atoms with Crippen LogP contribution in [-0.4, -0.2) is 52.8 Å². The van der Waals surface area contributed by atoms with Gasteiger partial charge in [-0.1, -0.05) is 131 Å². The summed E-state index contributed by atoms with van der Waals surface area (Å²) in [4.78, 5) is 0. The molecule has 56 heavy (non-hydrogen) atoms. The molecule has 0 aromatic heterocycles. The van der Waals surface area contributed by atoms with Crippen molar-refractivity contribution in [2.24, 2.45) is 0 Å². The first-order chi connectivity index (χ1) is 25.7. The number of hydrogen-bond acceptors (Lipinski definition) is 4. The number of benzene rings is 3. The van der Waals surface area contributed by atoms with E-state index in [1.165, 1.54) is 0 Å². The van der Waals surface area contributed by atoms with Crippen molar-refractivity contribution >= 4 is 62.9 Å². The molecule has 0 saturated carbocycles. The third-order valence-electron chi connectivity index (χ3n) is 14.8. The Morgan fingerprint density at radius 3 is 0.911 bits per heavy atom. The monoisotopic (exact) mass is 791 g/mol. The molecule has 0 radical (unpaired) electrons. The van der Waals surface area contributed by atoms with E-state index in [-0.39, 0.29) is 0 Å². The molecule has 0 amide bonds. The highest BCUT2D eigenvalue weighted by atomic mass is 28.3. The van der Waals surface area contributed by atoms with Gasteiger partial charge in [0.25, 0.3) is 0 Å². The lowest BCUT2D eigenvalue weighted by molar-refractivity contribution is 0.00578. The summed E-state index contributed by atoms with van der Waals surface area (Å²) in [6, 6.07) is 13.5. The van der Waals surface area contributed by atoms with Crippen molar-refractivity contribution in [2.45, 2.75) is 194 Å². The van der Waals surface area contributed by atoms with E-state index in [4.69, 9.17) is 18.6 Å². The molecule has 2 heterocycles. The summed E-state index contributed by atoms with van der Waals surface area (Å²) in [6.07, 6.45) is 0. The Labute approximate surface area is 344 Å². The predicted octanol–water partition coefficient (Wildman–Crippen LogP) is 11.7. The molecule has 2 aliphatic rings. The van der Waals surface area contributed by atoms with Gasteiger partial charge in [0.15, 0.2) is 0 Å². The van der Waals surface area contributed by atoms with Crippen LogP contribution in [0.3, 0.4) is 0 Å². The van der Waals surface area contributed by atoms with Gasteiger partial charge in [-0.25, -0.2) is 0 Å². The standard InChI is InChI=1S/C48H72B2O4Si2/c1-31(2)55(32(3)4,33(5)6)27-25-41-39-23-21-37(49-51-45(13,14)46(15,16)52-49)29-43(39)42(26-28-56(34(7)8,35(9)10)36(11)12)44-30-38(22-24-40(41)44)50-53-47(17,18)48(19,20)54-50/h21-24,29-36H,1-20H3. The van der Waals surface area contributed by atoms with Gasteiger partial charge in [0.1, 0.15) is 16.1 Å². The largest absolute Gasteiger partial charge is 0.494 e. The Kier molecular flexibility index (Phi) is 12.3. The number of rotatable bonds is 8. The molecular formula is C48H72B2O4Si2. The number of hydrogen-bond donors (Lipinski definition) is 0. The minimum atomic E-state index is -2.11. The van der Waals surface area contributed by atoms with E-state index in [0.29, 0.717) is 33.2 Å². The highest BCUT2D eigenvalue weighted by molar-refractivity contribution is 6.91. The fraction of sp³-hybridized carbons (Fsp3) is 0.625. The zero-order chi connectivity index (χ0) is 42.1. The summed E-state index contributed by atoms with van der Waals surface area (Å²) in [5.74, 6) is 7.93. The smallest absolute Gasteiger partial charge is 0.399 e. The normalized spacial score (nSPS) is 19.2. The molecule has 2 aliphatic heterocycles. The Morgan fingerprint density at radius 2 is 0.661 bits per heavy atom. The maximum atomic E-state index is 6.66. The van der Waals surface area contributed by atoms with Crippen LogP contribution in [0.2, 0.25) is 33.2 Å². The third kappa shape index (κ3) is 7.44. The Hall–Kier alpha value is -2.30. The highest BCUT2D eigenvalue weighted by Crippen LogP contribution is 2.44. The SMILES string of the molecule is CC(C)[Si](C#Cc1c2ccc(B3OC(C)(C)C(C)(C)O3)cc2c(C#C[Si](C(C)C)(C(C)C)C(C)C)c2cc(B3OC(C)(C)C(C)(C)O3)ccc12)(C(C)C)C(C)C. The summed E-state index contributed by atoms with van der Waals surface area (Å²) < 4.78 is 26.6. The van der Waals surface area contributed by atoms with Crippen molar-refractivity contribution in [1.29, 1.82) is 0 Å². The summed E-state index contributed by atoms with van der Waals surface area (Å²) in [5, 5.41) is 4.45. The van der Waals surface area contributed by atoms with Crippen molar-refractivity contribution in [3.8, 4) is 22.9 Å². The molecule has 3 aromatic carbocycles. The van der Waals surface area contributed by atoms with Crippen LogP contribution in [0.5, 0.6) is 0 Å². The maximum absolute atomic E-state index is 6.66. The van der Waals surface area contributed by atoms with Gasteiger partial charge in [-0.15, -0.1) is 11.1 Å². The molecule has 8 heteroatoms. The Balaban J connectivity index is 1.96. The topological polar surface area (TPSA) is 36.9 Å². The van der Waals surface area contributed by atoms with Crippen LogP contribution in [0, 0.1) is 22.9 Å². The molecule has 0 bridgehead atoms. The third-order valence-corrected chi connectivity index (χ3v) is 27.3. The quantitative estimate of drug-likeness (QED) is 0.129. The zero-order valence-corrected chi connectivity index (χ0v) is 40.7. The molecule has 302 valence electrons. The fourth-order valence-corrected chi connectivity index (χ4v) is 20.4. The van der Waals surface area contributed by atoms with Crippen molar-refractivity contribution in [2.75, 3.05) is 0 Å². The van der Waals surface area contributed by atoms with Crippen molar-refractivity contribution < 1.29 is 18.6 Å². The first kappa shape index (κ1) is 44.8. The first-order valence-electron chi connectivity index (χ1n) is 21.5. The van der Waals surface area contributed by atoms with Crippen molar-refractivity contribution in [1.82, 2.24) is 0 Å². The van der Waals surface area contributed by atoms with Gasteiger partial charge in [0, 0.05) is 11.1 Å². The zero-order valence-electron chi connectivity index (χ0n) is 38.7. The van der Waals surface area contributed by atoms with Crippen LogP contribution < -0.4 is 10.9 Å². The second-order valence-corrected chi connectivity index (χ2v) is 32.0. The predicted molar refractivity (Wildman–Crippen MR) is 249 cm³/mol. The van der Waals surface area contributed by atoms with E-state index in [1.807, 2.05) is 0 Å². The van der Waals surface area contributed by atoms with Gasteiger partial charge in [-0.05, 0) is 121 Å². The minimum Gasteiger partial charge on any atom is -0.399 e. The van der Waals surface area contributed by atoms with Crippen LogP contribution in [0.25, 0.3) is 21.5 Å². The summed E-state index contributed by atoms with van der Waals surface area (Å²) in [6.45, 7) is 45.6. The van der Waals surface area contributed by atoms with Gasteiger partial charge < -0.3 is 18.6 Å². The molecule has 0 unspecified atom stereocenters. The average molecular weight is 791 g/mol. The summed E-state index contributed by atoms with van der Waals surface area (Å²) >= 11 is 0. The van der Waals surface area contributed by atoms with Gasteiger partial charge in [0.2, 0.25) is 0 Å². The van der Waals surface area contributed by atoms with E-state index in [0.717, 1.165) is 43.6 Å². The van der Waals surface area contributed by atoms with Crippen LogP contribution in [0.15, 0.2) is 36.4 Å². The highest BCUT2D eigenvalue weighted by Gasteiger charge is 2.53. The van der Waals surface area contributed by atoms with E-state index in [1.54, 1.807) is 0 Å². The molecule has 0 aliphatic carbocycles. The summed E-state index contributed by atoms with van der Waals surface area (Å²) in [5.41, 5.74) is 13.5. The molecule has 0 N–H and O–H groups in total. The fourth-order valence-electron chi connectivity index (χ4n) is 9.99. The molecule has 2 fully saturated rings. The molecule has 5 rings (SSSR count). The van der Waals surface area contributed by atoms with Gasteiger partial charge in [-0.3, -0.25) is 0 Å². The van der Waals surface area contributed by atoms with Gasteiger partial charge >= 0.3 is 14.2 Å². The van der Waals surface area contributed by atoms with Crippen molar-refractivity contribution in [3.63, 3.8) is 0 Å². The Morgan fingerprint density at radius 1 is 0.411 bits per heavy atom. The van der Waals surface area contributed by atoms with Gasteiger partial charge in [-0.2, -0.15) is 0 Å². The molecule has 2 saturated heterocycles. The first-order valence-corrected chi connectivity index (χ1v) is 25.9. The second-order valence-electron chi connectivity index (χ2n) is 20.8. The van der Waals surface area contributed by atoms with Gasteiger partial charge in [0.05, 0.1) is 22.4 Å². The maximum Gasteiger partial charge on any atom is 0.494 e. The van der Waals surface area contributed by atoms with Crippen LogP contribution in [0.4, 0.5) is 0 Å². The lowest BCUT2D eigenvalue weighted by atomic mass is 9.75. The van der Waals surface area contributed by atoms with E-state index >= 15 is 0 Å². The lowest BCUT2D eigenvalue weighted by Gasteiger charge is -2.38. The average Bonchev–Trinajstić information content (AvgIpc) is 3.43. The van der Waals surface area contributed by atoms with E-state index in [2.05, 4.69) is 198 Å². The molecule has 0 atom stereocenters.